The van der Waals surface area contributed by atoms with E-state index in [2.05, 4.69) is 15.2 Å². The number of nitrogens with one attached hydrogen (secondary N) is 1. The van der Waals surface area contributed by atoms with Crippen LogP contribution in [0.4, 0.5) is 8.78 Å². The monoisotopic (exact) mass is 309 g/mol. The number of rotatable bonds is 3. The van der Waals surface area contributed by atoms with Gasteiger partial charge in [-0.25, -0.2) is 13.8 Å². The van der Waals surface area contributed by atoms with E-state index in [-0.39, 0.29) is 0 Å². The van der Waals surface area contributed by atoms with Crippen molar-refractivity contribution in [3.63, 3.8) is 0 Å². The summed E-state index contributed by atoms with van der Waals surface area (Å²) in [4.78, 5) is 8.00. The smallest absolute Gasteiger partial charge is 0.159 e. The molecule has 0 aliphatic carbocycles. The van der Waals surface area contributed by atoms with Crippen LogP contribution < -0.4 is 5.32 Å². The summed E-state index contributed by atoms with van der Waals surface area (Å²) in [6.07, 6.45) is 0. The first kappa shape index (κ1) is 14.6. The van der Waals surface area contributed by atoms with E-state index in [1.807, 2.05) is 6.92 Å². The summed E-state index contributed by atoms with van der Waals surface area (Å²) in [5, 5.41) is 4.34. The number of hydrogen-bond donors (Lipinski definition) is 1. The molecule has 0 unspecified atom stereocenters. The zero-order chi connectivity index (χ0) is 14.8. The van der Waals surface area contributed by atoms with Crippen LogP contribution >= 0.6 is 11.3 Å². The van der Waals surface area contributed by atoms with E-state index in [1.54, 1.807) is 17.4 Å². The lowest BCUT2D eigenvalue weighted by Crippen LogP contribution is -2.42. The Morgan fingerprint density at radius 1 is 1.24 bits per heavy atom. The van der Waals surface area contributed by atoms with E-state index in [0.717, 1.165) is 54.4 Å². The first-order valence-corrected chi connectivity index (χ1v) is 7.80. The number of benzene rings is 1. The number of hydrogen-bond acceptors (Lipinski definition) is 4. The molecular weight excluding hydrogens is 292 g/mol. The lowest BCUT2D eigenvalue weighted by Gasteiger charge is -2.26. The summed E-state index contributed by atoms with van der Waals surface area (Å²) < 4.78 is 26.4. The van der Waals surface area contributed by atoms with Crippen molar-refractivity contribution in [2.24, 2.45) is 0 Å². The largest absolute Gasteiger partial charge is 0.314 e. The number of piperazine rings is 1. The van der Waals surface area contributed by atoms with Crippen LogP contribution in [0.15, 0.2) is 18.2 Å². The standard InChI is InChI=1S/C15H17F2N3S/c1-10-15(11-2-3-12(16)13(17)8-11)19-14(21-10)9-20-6-4-18-5-7-20/h2-3,8,18H,4-7,9H2,1H3. The van der Waals surface area contributed by atoms with E-state index in [4.69, 9.17) is 0 Å². The summed E-state index contributed by atoms with van der Waals surface area (Å²) in [7, 11) is 0. The molecule has 1 saturated heterocycles. The van der Waals surface area contributed by atoms with E-state index < -0.39 is 11.6 Å². The lowest BCUT2D eigenvalue weighted by atomic mass is 10.1. The van der Waals surface area contributed by atoms with Crippen molar-refractivity contribution in [1.82, 2.24) is 15.2 Å². The molecule has 3 rings (SSSR count). The second kappa shape index (κ2) is 6.17. The predicted molar refractivity (Wildman–Crippen MR) is 80.3 cm³/mol. The molecule has 6 heteroatoms. The molecule has 0 bridgehead atoms. The zero-order valence-corrected chi connectivity index (χ0v) is 12.6. The van der Waals surface area contributed by atoms with Crippen LogP contribution in [-0.4, -0.2) is 36.1 Å². The Morgan fingerprint density at radius 2 is 2.00 bits per heavy atom. The maximum Gasteiger partial charge on any atom is 0.159 e. The van der Waals surface area contributed by atoms with Gasteiger partial charge >= 0.3 is 0 Å². The molecule has 0 atom stereocenters. The van der Waals surface area contributed by atoms with Crippen molar-refractivity contribution in [3.05, 3.63) is 39.7 Å². The van der Waals surface area contributed by atoms with Crippen LogP contribution in [0.25, 0.3) is 11.3 Å². The fourth-order valence-electron chi connectivity index (χ4n) is 2.49. The van der Waals surface area contributed by atoms with Gasteiger partial charge in [-0.2, -0.15) is 0 Å². The Labute approximate surface area is 126 Å². The Bertz CT molecular complexity index is 636. The van der Waals surface area contributed by atoms with Gasteiger partial charge in [-0.3, -0.25) is 4.90 Å². The van der Waals surface area contributed by atoms with E-state index >= 15 is 0 Å². The van der Waals surface area contributed by atoms with Crippen molar-refractivity contribution in [2.45, 2.75) is 13.5 Å². The molecule has 1 fully saturated rings. The van der Waals surface area contributed by atoms with Crippen LogP contribution in [0.1, 0.15) is 9.88 Å². The van der Waals surface area contributed by atoms with Crippen LogP contribution in [-0.2, 0) is 6.54 Å². The number of aromatic nitrogens is 1. The van der Waals surface area contributed by atoms with Gasteiger partial charge in [0.1, 0.15) is 5.01 Å². The topological polar surface area (TPSA) is 28.2 Å². The molecule has 1 N–H and O–H groups in total. The van der Waals surface area contributed by atoms with E-state index in [1.165, 1.54) is 6.07 Å². The Kier molecular flexibility index (Phi) is 4.28. The summed E-state index contributed by atoms with van der Waals surface area (Å²) >= 11 is 1.62. The number of thiazole rings is 1. The highest BCUT2D eigenvalue weighted by molar-refractivity contribution is 7.12. The highest BCUT2D eigenvalue weighted by Gasteiger charge is 2.15. The quantitative estimate of drug-likeness (QED) is 0.945. The van der Waals surface area contributed by atoms with Gasteiger partial charge < -0.3 is 5.32 Å². The molecule has 3 nitrogen and oxygen atoms in total. The highest BCUT2D eigenvalue weighted by Crippen LogP contribution is 2.29. The van der Waals surface area contributed by atoms with Crippen molar-refractivity contribution in [2.75, 3.05) is 26.2 Å². The molecule has 0 amide bonds. The summed E-state index contributed by atoms with van der Waals surface area (Å²) in [6, 6.07) is 3.94. The summed E-state index contributed by atoms with van der Waals surface area (Å²) in [6.45, 7) is 6.81. The van der Waals surface area contributed by atoms with Gasteiger partial charge in [-0.05, 0) is 25.1 Å². The molecule has 1 aliphatic heterocycles. The van der Waals surface area contributed by atoms with Gasteiger partial charge in [0.25, 0.3) is 0 Å². The minimum atomic E-state index is -0.830. The van der Waals surface area contributed by atoms with Crippen LogP contribution in [0.2, 0.25) is 0 Å². The van der Waals surface area contributed by atoms with Crippen molar-refractivity contribution >= 4 is 11.3 Å². The summed E-state index contributed by atoms with van der Waals surface area (Å²) in [5.41, 5.74) is 1.39. The SMILES string of the molecule is Cc1sc(CN2CCNCC2)nc1-c1ccc(F)c(F)c1. The number of halogens is 2. The number of aryl methyl sites for hydroxylation is 1. The molecule has 2 aromatic rings. The first-order valence-electron chi connectivity index (χ1n) is 6.98. The van der Waals surface area contributed by atoms with Crippen molar-refractivity contribution < 1.29 is 8.78 Å². The molecule has 1 aromatic heterocycles. The molecule has 0 spiro atoms. The molecule has 0 saturated carbocycles. The zero-order valence-electron chi connectivity index (χ0n) is 11.8. The van der Waals surface area contributed by atoms with Gasteiger partial charge in [0.15, 0.2) is 11.6 Å². The molecule has 2 heterocycles. The minimum Gasteiger partial charge on any atom is -0.314 e. The average molecular weight is 309 g/mol. The Balaban J connectivity index is 1.81. The maximum absolute atomic E-state index is 13.4. The fourth-order valence-corrected chi connectivity index (χ4v) is 3.49. The molecule has 21 heavy (non-hydrogen) atoms. The summed E-state index contributed by atoms with van der Waals surface area (Å²) in [5.74, 6) is -1.66. The first-order chi connectivity index (χ1) is 10.1. The van der Waals surface area contributed by atoms with Gasteiger partial charge in [0.2, 0.25) is 0 Å². The second-order valence-corrected chi connectivity index (χ2v) is 6.46. The fraction of sp³-hybridized carbons (Fsp3) is 0.400. The molecule has 0 radical (unpaired) electrons. The minimum absolute atomic E-state index is 0.634. The third-order valence-electron chi connectivity index (χ3n) is 3.60. The van der Waals surface area contributed by atoms with Crippen LogP contribution in [0.3, 0.4) is 0 Å². The third kappa shape index (κ3) is 3.28. The Morgan fingerprint density at radius 3 is 2.71 bits per heavy atom. The highest BCUT2D eigenvalue weighted by atomic mass is 32.1. The van der Waals surface area contributed by atoms with Crippen molar-refractivity contribution in [3.8, 4) is 11.3 Å². The van der Waals surface area contributed by atoms with Crippen LogP contribution in [0, 0.1) is 18.6 Å². The predicted octanol–water partition coefficient (Wildman–Crippen LogP) is 2.80. The normalized spacial score (nSPS) is 16.3. The van der Waals surface area contributed by atoms with Gasteiger partial charge in [-0.15, -0.1) is 11.3 Å². The second-order valence-electron chi connectivity index (χ2n) is 5.17. The molecule has 112 valence electrons. The number of nitrogens with zero attached hydrogens (tertiary/aromatic N) is 2. The maximum atomic E-state index is 13.4. The van der Waals surface area contributed by atoms with Crippen molar-refractivity contribution in [1.29, 1.82) is 0 Å². The molecular formula is C15H17F2N3S. The van der Waals surface area contributed by atoms with Gasteiger partial charge in [0, 0.05) is 36.6 Å². The Hall–Kier alpha value is -1.37. The van der Waals surface area contributed by atoms with Gasteiger partial charge in [-0.1, -0.05) is 0 Å². The molecule has 1 aromatic carbocycles. The van der Waals surface area contributed by atoms with Crippen LogP contribution in [0.5, 0.6) is 0 Å². The molecule has 1 aliphatic rings. The average Bonchev–Trinajstić information content (AvgIpc) is 2.84. The van der Waals surface area contributed by atoms with Gasteiger partial charge in [0.05, 0.1) is 12.2 Å². The van der Waals surface area contributed by atoms with E-state index in [0.29, 0.717) is 5.56 Å². The lowest BCUT2D eigenvalue weighted by molar-refractivity contribution is 0.233. The van der Waals surface area contributed by atoms with E-state index in [9.17, 15) is 8.78 Å². The third-order valence-corrected chi connectivity index (χ3v) is 4.56.